The Labute approximate surface area is 174 Å². The predicted octanol–water partition coefficient (Wildman–Crippen LogP) is 3.55. The third-order valence-corrected chi connectivity index (χ3v) is 5.20. The lowest BCUT2D eigenvalue weighted by Crippen LogP contribution is -2.33. The van der Waals surface area contributed by atoms with Crippen molar-refractivity contribution >= 4 is 29.3 Å². The monoisotopic (exact) mass is 408 g/mol. The molecule has 29 heavy (non-hydrogen) atoms. The smallest absolute Gasteiger partial charge is 0.239 e. The number of amides is 1. The first kappa shape index (κ1) is 19.3. The van der Waals surface area contributed by atoms with Crippen LogP contribution in [0.2, 0.25) is 5.02 Å². The van der Waals surface area contributed by atoms with Gasteiger partial charge in [-0.15, -0.1) is 0 Å². The minimum absolute atomic E-state index is 0.0135. The van der Waals surface area contributed by atoms with Crippen LogP contribution in [0.3, 0.4) is 0 Å². The quantitative estimate of drug-likeness (QED) is 0.670. The maximum Gasteiger partial charge on any atom is 0.239 e. The Hall–Kier alpha value is -3.03. The number of likely N-dealkylation sites (tertiary alicyclic amines) is 1. The van der Waals surface area contributed by atoms with Crippen LogP contribution >= 0.6 is 11.6 Å². The summed E-state index contributed by atoms with van der Waals surface area (Å²) in [5.41, 5.74) is 8.60. The normalized spacial score (nSPS) is 16.7. The second-order valence-electron chi connectivity index (χ2n) is 6.93. The minimum atomic E-state index is -0.106. The van der Waals surface area contributed by atoms with Gasteiger partial charge in [-0.1, -0.05) is 29.8 Å². The van der Waals surface area contributed by atoms with Crippen molar-refractivity contribution in [1.82, 2.24) is 19.9 Å². The lowest BCUT2D eigenvalue weighted by molar-refractivity contribution is -0.117. The molecule has 0 aliphatic carbocycles. The number of nitrogens with one attached hydrogen (secondary N) is 1. The average Bonchev–Trinajstić information content (AvgIpc) is 3.17. The second-order valence-corrected chi connectivity index (χ2v) is 7.36. The topological polar surface area (TPSA) is 97.0 Å². The van der Waals surface area contributed by atoms with Gasteiger partial charge >= 0.3 is 0 Å². The highest BCUT2D eigenvalue weighted by atomic mass is 35.5. The molecule has 1 atom stereocenters. The second kappa shape index (κ2) is 8.55. The van der Waals surface area contributed by atoms with E-state index in [0.29, 0.717) is 10.8 Å². The molecule has 1 amide bonds. The zero-order chi connectivity index (χ0) is 20.2. The molecule has 0 spiro atoms. The Morgan fingerprint density at radius 2 is 2.03 bits per heavy atom. The molecule has 2 aromatic heterocycles. The number of rotatable bonds is 5. The van der Waals surface area contributed by atoms with Crippen LogP contribution in [0.15, 0.2) is 54.9 Å². The number of nitrogens with zero attached hydrogens (tertiary/aromatic N) is 4. The van der Waals surface area contributed by atoms with E-state index >= 15 is 0 Å². The third kappa shape index (κ3) is 4.52. The molecule has 0 saturated carbocycles. The molecule has 3 heterocycles. The van der Waals surface area contributed by atoms with Crippen molar-refractivity contribution in [2.45, 2.75) is 18.9 Å². The van der Waals surface area contributed by atoms with E-state index in [1.165, 1.54) is 0 Å². The summed E-state index contributed by atoms with van der Waals surface area (Å²) in [6, 6.07) is 13.0. The highest BCUT2D eigenvalue weighted by Gasteiger charge is 2.31. The zero-order valence-electron chi connectivity index (χ0n) is 15.8. The number of anilines is 2. The largest absolute Gasteiger partial charge is 0.368 e. The maximum atomic E-state index is 12.5. The summed E-state index contributed by atoms with van der Waals surface area (Å²) in [5, 5.41) is 3.51. The van der Waals surface area contributed by atoms with Crippen LogP contribution in [-0.4, -0.2) is 38.8 Å². The standard InChI is InChI=1S/C21H21ClN6O/c22-15-8-6-14(7-9-15)16-12-25-21(23)27-20(16)17-4-3-11-28(17)13-19(29)26-18-5-1-2-10-24-18/h1-2,5-10,12,17H,3-4,11,13H2,(H2,23,25,27)(H,24,26,29)/t17-/m1/s1. The summed E-state index contributed by atoms with van der Waals surface area (Å²) >= 11 is 6.03. The van der Waals surface area contributed by atoms with Gasteiger partial charge in [-0.05, 0) is 49.2 Å². The van der Waals surface area contributed by atoms with Gasteiger partial charge in [-0.25, -0.2) is 15.0 Å². The minimum Gasteiger partial charge on any atom is -0.368 e. The van der Waals surface area contributed by atoms with E-state index in [1.54, 1.807) is 18.5 Å². The number of nitrogens with two attached hydrogens (primary N) is 1. The Kier molecular flexibility index (Phi) is 5.69. The van der Waals surface area contributed by atoms with Gasteiger partial charge in [0.2, 0.25) is 11.9 Å². The molecule has 7 nitrogen and oxygen atoms in total. The van der Waals surface area contributed by atoms with E-state index in [0.717, 1.165) is 36.2 Å². The summed E-state index contributed by atoms with van der Waals surface area (Å²) < 4.78 is 0. The fourth-order valence-corrected chi connectivity index (χ4v) is 3.77. The van der Waals surface area contributed by atoms with E-state index in [1.807, 2.05) is 36.4 Å². The number of carbonyl (C=O) groups is 1. The van der Waals surface area contributed by atoms with Crippen molar-refractivity contribution in [3.05, 3.63) is 65.6 Å². The molecule has 0 unspecified atom stereocenters. The molecule has 1 aliphatic rings. The van der Waals surface area contributed by atoms with Crippen LogP contribution in [0.4, 0.5) is 11.8 Å². The first-order chi connectivity index (χ1) is 14.1. The molecule has 1 aliphatic heterocycles. The molecule has 3 aromatic rings. The number of hydrogen-bond donors (Lipinski definition) is 2. The number of halogens is 1. The van der Waals surface area contributed by atoms with Gasteiger partial charge in [-0.3, -0.25) is 9.69 Å². The maximum absolute atomic E-state index is 12.5. The van der Waals surface area contributed by atoms with Crippen LogP contribution in [0, 0.1) is 0 Å². The highest BCUT2D eigenvalue weighted by molar-refractivity contribution is 6.30. The molecule has 0 bridgehead atoms. The number of benzene rings is 1. The molecule has 0 radical (unpaired) electrons. The van der Waals surface area contributed by atoms with E-state index in [4.69, 9.17) is 17.3 Å². The fourth-order valence-electron chi connectivity index (χ4n) is 3.64. The molecule has 4 rings (SSSR count). The number of carbonyl (C=O) groups excluding carboxylic acids is 1. The van der Waals surface area contributed by atoms with Gasteiger partial charge in [-0.2, -0.15) is 0 Å². The van der Waals surface area contributed by atoms with Crippen molar-refractivity contribution in [3.63, 3.8) is 0 Å². The predicted molar refractivity (Wildman–Crippen MR) is 113 cm³/mol. The van der Waals surface area contributed by atoms with Crippen molar-refractivity contribution < 1.29 is 4.79 Å². The molecule has 8 heteroatoms. The lowest BCUT2D eigenvalue weighted by Gasteiger charge is -2.25. The molecule has 1 saturated heterocycles. The SMILES string of the molecule is Nc1ncc(-c2ccc(Cl)cc2)c([C@H]2CCCN2CC(=O)Nc2ccccn2)n1. The summed E-state index contributed by atoms with van der Waals surface area (Å²) in [7, 11) is 0. The van der Waals surface area contributed by atoms with Crippen LogP contribution in [0.1, 0.15) is 24.6 Å². The van der Waals surface area contributed by atoms with Gasteiger partial charge in [0, 0.05) is 23.0 Å². The van der Waals surface area contributed by atoms with Crippen molar-refractivity contribution in [3.8, 4) is 11.1 Å². The number of pyridine rings is 1. The van der Waals surface area contributed by atoms with Crippen LogP contribution in [0.25, 0.3) is 11.1 Å². The first-order valence-electron chi connectivity index (χ1n) is 9.43. The Bertz CT molecular complexity index is 996. The summed E-state index contributed by atoms with van der Waals surface area (Å²) in [4.78, 5) is 27.5. The van der Waals surface area contributed by atoms with Crippen LogP contribution in [0.5, 0.6) is 0 Å². The molecular formula is C21H21ClN6O. The van der Waals surface area contributed by atoms with Gasteiger partial charge in [0.25, 0.3) is 0 Å². The van der Waals surface area contributed by atoms with Crippen LogP contribution < -0.4 is 11.1 Å². The van der Waals surface area contributed by atoms with Crippen molar-refractivity contribution in [2.75, 3.05) is 24.1 Å². The van der Waals surface area contributed by atoms with E-state index in [-0.39, 0.29) is 24.4 Å². The van der Waals surface area contributed by atoms with Gasteiger partial charge in [0.05, 0.1) is 18.3 Å². The number of hydrogen-bond acceptors (Lipinski definition) is 6. The van der Waals surface area contributed by atoms with Crippen molar-refractivity contribution in [1.29, 1.82) is 0 Å². The number of nitrogen functional groups attached to an aromatic ring is 1. The highest BCUT2D eigenvalue weighted by Crippen LogP contribution is 2.36. The average molecular weight is 409 g/mol. The van der Waals surface area contributed by atoms with E-state index in [9.17, 15) is 4.79 Å². The van der Waals surface area contributed by atoms with Crippen molar-refractivity contribution in [2.24, 2.45) is 0 Å². The number of aromatic nitrogens is 3. The Morgan fingerprint density at radius 3 is 2.79 bits per heavy atom. The Balaban J connectivity index is 1.57. The molecule has 3 N–H and O–H groups in total. The fraction of sp³-hybridized carbons (Fsp3) is 0.238. The van der Waals surface area contributed by atoms with Crippen LogP contribution in [-0.2, 0) is 4.79 Å². The first-order valence-corrected chi connectivity index (χ1v) is 9.81. The van der Waals surface area contributed by atoms with Gasteiger partial charge in [0.1, 0.15) is 5.82 Å². The van der Waals surface area contributed by atoms with Gasteiger partial charge in [0.15, 0.2) is 0 Å². The lowest BCUT2D eigenvalue weighted by atomic mass is 10.00. The summed E-state index contributed by atoms with van der Waals surface area (Å²) in [6.07, 6.45) is 5.26. The molecule has 1 fully saturated rings. The van der Waals surface area contributed by atoms with E-state index < -0.39 is 0 Å². The third-order valence-electron chi connectivity index (χ3n) is 4.95. The molecule has 1 aromatic carbocycles. The summed E-state index contributed by atoms with van der Waals surface area (Å²) in [6.45, 7) is 1.06. The summed E-state index contributed by atoms with van der Waals surface area (Å²) in [5.74, 6) is 0.662. The molecule has 148 valence electrons. The zero-order valence-corrected chi connectivity index (χ0v) is 16.5. The molecular weight excluding hydrogens is 388 g/mol. The van der Waals surface area contributed by atoms with Gasteiger partial charge < -0.3 is 11.1 Å². The Morgan fingerprint density at radius 1 is 1.21 bits per heavy atom. The van der Waals surface area contributed by atoms with E-state index in [2.05, 4.69) is 25.2 Å².